The Balaban J connectivity index is 2.42. The lowest BCUT2D eigenvalue weighted by molar-refractivity contribution is 0.112. The van der Waals surface area contributed by atoms with Crippen LogP contribution in [0.4, 0.5) is 0 Å². The van der Waals surface area contributed by atoms with Gasteiger partial charge < -0.3 is 9.47 Å². The first kappa shape index (κ1) is 7.86. The van der Waals surface area contributed by atoms with Crippen molar-refractivity contribution in [3.05, 3.63) is 36.1 Å². The summed E-state index contributed by atoms with van der Waals surface area (Å²) in [6.07, 6.45) is 0.771. The van der Waals surface area contributed by atoms with Gasteiger partial charge in [0.1, 0.15) is 18.7 Å². The van der Waals surface area contributed by atoms with E-state index in [9.17, 15) is 4.79 Å². The lowest BCUT2D eigenvalue weighted by atomic mass is 10.2. The van der Waals surface area contributed by atoms with Gasteiger partial charge in [0.15, 0.2) is 11.5 Å². The number of benzene rings is 1. The molecule has 1 aliphatic heterocycles. The van der Waals surface area contributed by atoms with Crippen LogP contribution >= 0.6 is 0 Å². The summed E-state index contributed by atoms with van der Waals surface area (Å²) in [6.45, 7) is 3.98. The van der Waals surface area contributed by atoms with Crippen LogP contribution in [0.25, 0.3) is 0 Å². The molecule has 0 aromatic heterocycles. The Morgan fingerprint density at radius 3 is 3.00 bits per heavy atom. The molecule has 1 aliphatic rings. The molecule has 3 heteroatoms. The second-order valence-electron chi connectivity index (χ2n) is 2.75. The first-order chi connectivity index (χ1) is 6.29. The Hall–Kier alpha value is -1.77. The topological polar surface area (TPSA) is 35.5 Å². The molecule has 2 rings (SSSR count). The third kappa shape index (κ3) is 1.40. The van der Waals surface area contributed by atoms with Gasteiger partial charge in [-0.2, -0.15) is 0 Å². The Kier molecular flexibility index (Phi) is 1.77. The van der Waals surface area contributed by atoms with Gasteiger partial charge in [-0.3, -0.25) is 4.79 Å². The number of carbonyl (C=O) groups excluding carboxylic acids is 1. The van der Waals surface area contributed by atoms with Crippen molar-refractivity contribution < 1.29 is 14.3 Å². The van der Waals surface area contributed by atoms with Crippen LogP contribution < -0.4 is 9.47 Å². The van der Waals surface area contributed by atoms with Gasteiger partial charge in [-0.05, 0) is 18.2 Å². The molecule has 0 saturated carbocycles. The maximum Gasteiger partial charge on any atom is 0.169 e. The quantitative estimate of drug-likeness (QED) is 0.612. The zero-order valence-corrected chi connectivity index (χ0v) is 6.95. The van der Waals surface area contributed by atoms with Gasteiger partial charge in [0.2, 0.25) is 0 Å². The molecular weight excluding hydrogens is 168 g/mol. The highest BCUT2D eigenvalue weighted by atomic mass is 16.6. The van der Waals surface area contributed by atoms with Crippen molar-refractivity contribution in [2.45, 2.75) is 0 Å². The zero-order chi connectivity index (χ0) is 9.26. The summed E-state index contributed by atoms with van der Waals surface area (Å²) >= 11 is 0. The van der Waals surface area contributed by atoms with Crippen LogP contribution in [0.2, 0.25) is 0 Å². The van der Waals surface area contributed by atoms with Crippen LogP contribution in [0.15, 0.2) is 30.5 Å². The molecular formula is C10H8O3. The summed E-state index contributed by atoms with van der Waals surface area (Å²) in [7, 11) is 0. The second-order valence-corrected chi connectivity index (χ2v) is 2.75. The largest absolute Gasteiger partial charge is 0.482 e. The van der Waals surface area contributed by atoms with E-state index in [0.717, 1.165) is 6.29 Å². The Labute approximate surface area is 75.6 Å². The van der Waals surface area contributed by atoms with E-state index in [-0.39, 0.29) is 0 Å². The lowest BCUT2D eigenvalue weighted by Gasteiger charge is -2.19. The fraction of sp³-hybridized carbons (Fsp3) is 0.100. The van der Waals surface area contributed by atoms with Gasteiger partial charge in [0, 0.05) is 5.56 Å². The minimum Gasteiger partial charge on any atom is -0.482 e. The second kappa shape index (κ2) is 2.94. The van der Waals surface area contributed by atoms with Crippen molar-refractivity contribution in [2.75, 3.05) is 6.61 Å². The highest BCUT2D eigenvalue weighted by Gasteiger charge is 2.14. The molecule has 3 nitrogen and oxygen atoms in total. The van der Waals surface area contributed by atoms with E-state index in [4.69, 9.17) is 9.47 Å². The summed E-state index contributed by atoms with van der Waals surface area (Å²) in [4.78, 5) is 10.4. The first-order valence-corrected chi connectivity index (χ1v) is 3.87. The van der Waals surface area contributed by atoms with Crippen molar-refractivity contribution in [1.82, 2.24) is 0 Å². The molecule has 0 N–H and O–H groups in total. The van der Waals surface area contributed by atoms with E-state index < -0.39 is 0 Å². The Morgan fingerprint density at radius 1 is 1.38 bits per heavy atom. The summed E-state index contributed by atoms with van der Waals surface area (Å²) < 4.78 is 10.6. The number of rotatable bonds is 1. The van der Waals surface area contributed by atoms with E-state index in [0.29, 0.717) is 29.4 Å². The molecule has 0 atom stereocenters. The highest BCUT2D eigenvalue weighted by molar-refractivity contribution is 5.76. The fourth-order valence-corrected chi connectivity index (χ4v) is 1.14. The molecule has 1 heterocycles. The van der Waals surface area contributed by atoms with Crippen LogP contribution in [0.1, 0.15) is 10.4 Å². The molecule has 0 radical (unpaired) electrons. The van der Waals surface area contributed by atoms with E-state index in [2.05, 4.69) is 6.58 Å². The molecule has 1 aromatic carbocycles. The standard InChI is InChI=1S/C10H8O3/c1-7-6-12-10-4-8(5-11)2-3-9(10)13-7/h2-5H,1,6H2. The van der Waals surface area contributed by atoms with Crippen LogP contribution in [-0.4, -0.2) is 12.9 Å². The summed E-state index contributed by atoms with van der Waals surface area (Å²) in [6, 6.07) is 5.02. The monoisotopic (exact) mass is 176 g/mol. The summed E-state index contributed by atoms with van der Waals surface area (Å²) in [5.74, 6) is 1.78. The highest BCUT2D eigenvalue weighted by Crippen LogP contribution is 2.32. The van der Waals surface area contributed by atoms with Crippen molar-refractivity contribution >= 4 is 6.29 Å². The molecule has 1 aromatic rings. The molecule has 0 aliphatic carbocycles. The van der Waals surface area contributed by atoms with Gasteiger partial charge in [0.25, 0.3) is 0 Å². The van der Waals surface area contributed by atoms with Crippen molar-refractivity contribution in [3.8, 4) is 11.5 Å². The van der Waals surface area contributed by atoms with Crippen molar-refractivity contribution in [3.63, 3.8) is 0 Å². The molecule has 0 saturated heterocycles. The maximum absolute atomic E-state index is 10.4. The molecule has 0 spiro atoms. The van der Waals surface area contributed by atoms with Crippen LogP contribution in [0, 0.1) is 0 Å². The minimum atomic E-state index is 0.343. The first-order valence-electron chi connectivity index (χ1n) is 3.87. The predicted octanol–water partition coefficient (Wildman–Crippen LogP) is 1.78. The van der Waals surface area contributed by atoms with Crippen molar-refractivity contribution in [2.24, 2.45) is 0 Å². The number of fused-ring (bicyclic) bond motifs is 1. The smallest absolute Gasteiger partial charge is 0.169 e. The summed E-state index contributed by atoms with van der Waals surface area (Å²) in [5, 5.41) is 0. The van der Waals surface area contributed by atoms with Gasteiger partial charge in [0.05, 0.1) is 0 Å². The molecule has 0 amide bonds. The van der Waals surface area contributed by atoms with Gasteiger partial charge >= 0.3 is 0 Å². The lowest BCUT2D eigenvalue weighted by Crippen LogP contribution is -2.12. The Bertz CT molecular complexity index is 368. The number of hydrogen-bond acceptors (Lipinski definition) is 3. The number of aldehydes is 1. The van der Waals surface area contributed by atoms with E-state index in [1.807, 2.05) is 0 Å². The van der Waals surface area contributed by atoms with E-state index >= 15 is 0 Å². The van der Waals surface area contributed by atoms with Crippen molar-refractivity contribution in [1.29, 1.82) is 0 Å². The maximum atomic E-state index is 10.4. The van der Waals surface area contributed by atoms with Gasteiger partial charge in [-0.1, -0.05) is 6.58 Å². The normalized spacial score (nSPS) is 14.0. The van der Waals surface area contributed by atoms with E-state index in [1.165, 1.54) is 0 Å². The average molecular weight is 176 g/mol. The molecule has 13 heavy (non-hydrogen) atoms. The third-order valence-corrected chi connectivity index (χ3v) is 1.75. The zero-order valence-electron chi connectivity index (χ0n) is 6.95. The number of hydrogen-bond donors (Lipinski definition) is 0. The number of carbonyl (C=O) groups is 1. The molecule has 0 fully saturated rings. The molecule has 66 valence electrons. The predicted molar refractivity (Wildman–Crippen MR) is 47.1 cm³/mol. The van der Waals surface area contributed by atoms with Gasteiger partial charge in [-0.25, -0.2) is 0 Å². The van der Waals surface area contributed by atoms with Gasteiger partial charge in [-0.15, -0.1) is 0 Å². The average Bonchev–Trinajstić information content (AvgIpc) is 2.17. The van der Waals surface area contributed by atoms with Crippen LogP contribution in [-0.2, 0) is 0 Å². The SMILES string of the molecule is C=C1COc2cc(C=O)ccc2O1. The Morgan fingerprint density at radius 2 is 2.23 bits per heavy atom. The summed E-state index contributed by atoms with van der Waals surface area (Å²) in [5.41, 5.74) is 0.579. The fourth-order valence-electron chi connectivity index (χ4n) is 1.14. The third-order valence-electron chi connectivity index (χ3n) is 1.75. The minimum absolute atomic E-state index is 0.343. The number of ether oxygens (including phenoxy) is 2. The van der Waals surface area contributed by atoms with Crippen LogP contribution in [0.5, 0.6) is 11.5 Å². The van der Waals surface area contributed by atoms with Crippen LogP contribution in [0.3, 0.4) is 0 Å². The molecule has 0 unspecified atom stereocenters. The molecule has 0 bridgehead atoms. The van der Waals surface area contributed by atoms with E-state index in [1.54, 1.807) is 18.2 Å².